The van der Waals surface area contributed by atoms with Gasteiger partial charge in [0.05, 0.1) is 12.3 Å². The van der Waals surface area contributed by atoms with E-state index in [1.165, 1.54) is 11.1 Å². The minimum absolute atomic E-state index is 0.423. The van der Waals surface area contributed by atoms with Crippen LogP contribution in [0.15, 0.2) is 24.4 Å². The minimum Gasteiger partial charge on any atom is -0.494 e. The van der Waals surface area contributed by atoms with Crippen LogP contribution in [0.3, 0.4) is 0 Å². The third-order valence-corrected chi connectivity index (χ3v) is 3.67. The summed E-state index contributed by atoms with van der Waals surface area (Å²) in [6, 6.07) is 6.37. The molecule has 0 saturated carbocycles. The summed E-state index contributed by atoms with van der Waals surface area (Å²) >= 11 is 0. The number of nitrogens with zero attached hydrogens (tertiary/aromatic N) is 3. The van der Waals surface area contributed by atoms with Crippen LogP contribution in [0.1, 0.15) is 49.9 Å². The van der Waals surface area contributed by atoms with Gasteiger partial charge in [-0.3, -0.25) is 4.68 Å². The molecule has 2 rings (SSSR count). The van der Waals surface area contributed by atoms with E-state index < -0.39 is 0 Å². The maximum Gasteiger partial charge on any atom is 0.119 e. The van der Waals surface area contributed by atoms with Crippen molar-refractivity contribution in [1.82, 2.24) is 15.0 Å². The van der Waals surface area contributed by atoms with Gasteiger partial charge in [-0.05, 0) is 55.9 Å². The van der Waals surface area contributed by atoms with Gasteiger partial charge in [-0.25, -0.2) is 0 Å². The molecule has 21 heavy (non-hydrogen) atoms. The molecule has 0 fully saturated rings. The second-order valence-corrected chi connectivity index (χ2v) is 5.54. The van der Waals surface area contributed by atoms with E-state index in [0.29, 0.717) is 5.92 Å². The average molecular weight is 287 g/mol. The van der Waals surface area contributed by atoms with Crippen molar-refractivity contribution in [2.45, 2.75) is 53.0 Å². The average Bonchev–Trinajstić information content (AvgIpc) is 2.92. The topological polar surface area (TPSA) is 39.9 Å². The fourth-order valence-electron chi connectivity index (χ4n) is 2.52. The van der Waals surface area contributed by atoms with E-state index in [4.69, 9.17) is 4.74 Å². The van der Waals surface area contributed by atoms with Gasteiger partial charge in [-0.15, -0.1) is 5.10 Å². The zero-order valence-corrected chi connectivity index (χ0v) is 13.5. The predicted molar refractivity (Wildman–Crippen MR) is 84.8 cm³/mol. The van der Waals surface area contributed by atoms with Crippen molar-refractivity contribution in [3.05, 3.63) is 41.2 Å². The molecule has 0 aliphatic rings. The van der Waals surface area contributed by atoms with Gasteiger partial charge in [0.25, 0.3) is 0 Å². The molecule has 1 heterocycles. The number of hydrogen-bond acceptors (Lipinski definition) is 3. The molecule has 2 aromatic rings. The molecule has 114 valence electrons. The van der Waals surface area contributed by atoms with Crippen molar-refractivity contribution >= 4 is 0 Å². The number of benzene rings is 1. The molecule has 1 unspecified atom stereocenters. The lowest BCUT2D eigenvalue weighted by Gasteiger charge is -2.15. The van der Waals surface area contributed by atoms with Crippen molar-refractivity contribution in [1.29, 1.82) is 0 Å². The summed E-state index contributed by atoms with van der Waals surface area (Å²) in [5.74, 6) is 1.38. The lowest BCUT2D eigenvalue weighted by molar-refractivity contribution is 0.317. The summed E-state index contributed by atoms with van der Waals surface area (Å²) in [7, 11) is 0. The number of rotatable bonds is 7. The fourth-order valence-corrected chi connectivity index (χ4v) is 2.52. The molecule has 4 heteroatoms. The Morgan fingerprint density at radius 1 is 1.29 bits per heavy atom. The number of hydrogen-bond donors (Lipinski definition) is 0. The molecular formula is C17H25N3O. The summed E-state index contributed by atoms with van der Waals surface area (Å²) in [5.41, 5.74) is 3.68. The van der Waals surface area contributed by atoms with E-state index in [1.807, 2.05) is 10.9 Å². The molecule has 4 nitrogen and oxygen atoms in total. The lowest BCUT2D eigenvalue weighted by atomic mass is 9.92. The lowest BCUT2D eigenvalue weighted by Crippen LogP contribution is -2.02. The van der Waals surface area contributed by atoms with Crippen LogP contribution in [0, 0.1) is 6.92 Å². The van der Waals surface area contributed by atoms with Crippen molar-refractivity contribution < 1.29 is 4.74 Å². The van der Waals surface area contributed by atoms with Crippen LogP contribution in [0.4, 0.5) is 0 Å². The van der Waals surface area contributed by atoms with Crippen LogP contribution < -0.4 is 4.74 Å². The molecule has 1 aromatic carbocycles. The van der Waals surface area contributed by atoms with Gasteiger partial charge in [-0.2, -0.15) is 0 Å². The second kappa shape index (κ2) is 7.25. The standard InChI is InChI=1S/C17H25N3O/c1-5-9-21-16-7-8-17(14(4)11-16)13(3)10-15-12-20(6-2)19-18-15/h7-8,11-13H,5-6,9-10H2,1-4H3. The Bertz CT molecular complexity index is 577. The summed E-state index contributed by atoms with van der Waals surface area (Å²) in [5, 5.41) is 8.33. The second-order valence-electron chi connectivity index (χ2n) is 5.54. The Morgan fingerprint density at radius 2 is 2.10 bits per heavy atom. The Labute approximate surface area is 127 Å². The van der Waals surface area contributed by atoms with E-state index in [9.17, 15) is 0 Å². The quantitative estimate of drug-likeness (QED) is 0.778. The first kappa shape index (κ1) is 15.5. The Kier molecular flexibility index (Phi) is 5.37. The summed E-state index contributed by atoms with van der Waals surface area (Å²) in [4.78, 5) is 0. The van der Waals surface area contributed by atoms with Crippen molar-refractivity contribution in [3.63, 3.8) is 0 Å². The largest absolute Gasteiger partial charge is 0.494 e. The minimum atomic E-state index is 0.423. The zero-order valence-electron chi connectivity index (χ0n) is 13.5. The highest BCUT2D eigenvalue weighted by molar-refractivity contribution is 5.37. The zero-order chi connectivity index (χ0) is 15.2. The highest BCUT2D eigenvalue weighted by atomic mass is 16.5. The maximum atomic E-state index is 5.68. The van der Waals surface area contributed by atoms with Gasteiger partial charge in [0.15, 0.2) is 0 Å². The van der Waals surface area contributed by atoms with Crippen LogP contribution in [0.2, 0.25) is 0 Å². The summed E-state index contributed by atoms with van der Waals surface area (Å²) in [6.07, 6.45) is 3.98. The number of ether oxygens (including phenoxy) is 1. The highest BCUT2D eigenvalue weighted by Crippen LogP contribution is 2.26. The molecule has 0 N–H and O–H groups in total. The predicted octanol–water partition coefficient (Wildman–Crippen LogP) is 3.74. The van der Waals surface area contributed by atoms with Crippen LogP contribution >= 0.6 is 0 Å². The molecule has 0 saturated heterocycles. The molecule has 0 bridgehead atoms. The van der Waals surface area contributed by atoms with Crippen LogP contribution in [-0.2, 0) is 13.0 Å². The first-order valence-electron chi connectivity index (χ1n) is 7.76. The SMILES string of the molecule is CCCOc1ccc(C(C)Cc2cn(CC)nn2)c(C)c1. The number of aryl methyl sites for hydroxylation is 2. The van der Waals surface area contributed by atoms with Gasteiger partial charge < -0.3 is 4.74 Å². The van der Waals surface area contributed by atoms with E-state index >= 15 is 0 Å². The van der Waals surface area contributed by atoms with Crippen LogP contribution in [-0.4, -0.2) is 21.6 Å². The molecule has 1 aromatic heterocycles. The Hall–Kier alpha value is -1.84. The third kappa shape index (κ3) is 4.06. The number of aromatic nitrogens is 3. The maximum absolute atomic E-state index is 5.68. The molecule has 1 atom stereocenters. The van der Waals surface area contributed by atoms with Crippen LogP contribution in [0.5, 0.6) is 5.75 Å². The van der Waals surface area contributed by atoms with Gasteiger partial charge >= 0.3 is 0 Å². The van der Waals surface area contributed by atoms with Gasteiger partial charge in [0.1, 0.15) is 5.75 Å². The van der Waals surface area contributed by atoms with Gasteiger partial charge in [0, 0.05) is 12.7 Å². The van der Waals surface area contributed by atoms with Crippen molar-refractivity contribution in [3.8, 4) is 5.75 Å². The van der Waals surface area contributed by atoms with E-state index in [2.05, 4.69) is 56.2 Å². The monoisotopic (exact) mass is 287 g/mol. The van der Waals surface area contributed by atoms with Gasteiger partial charge in [0.2, 0.25) is 0 Å². The normalized spacial score (nSPS) is 12.4. The van der Waals surface area contributed by atoms with Crippen LogP contribution in [0.25, 0.3) is 0 Å². The Balaban J connectivity index is 2.06. The van der Waals surface area contributed by atoms with E-state index in [-0.39, 0.29) is 0 Å². The summed E-state index contributed by atoms with van der Waals surface area (Å²) in [6.45, 7) is 10.2. The summed E-state index contributed by atoms with van der Waals surface area (Å²) < 4.78 is 7.55. The molecule has 0 amide bonds. The molecular weight excluding hydrogens is 262 g/mol. The molecule has 0 radical (unpaired) electrons. The first-order valence-corrected chi connectivity index (χ1v) is 7.76. The molecule has 0 spiro atoms. The van der Waals surface area contributed by atoms with Gasteiger partial charge in [-0.1, -0.05) is 25.1 Å². The molecule has 0 aliphatic carbocycles. The molecule has 0 aliphatic heterocycles. The smallest absolute Gasteiger partial charge is 0.119 e. The van der Waals surface area contributed by atoms with Crippen molar-refractivity contribution in [2.75, 3.05) is 6.61 Å². The van der Waals surface area contributed by atoms with Crippen molar-refractivity contribution in [2.24, 2.45) is 0 Å². The fraction of sp³-hybridized carbons (Fsp3) is 0.529. The third-order valence-electron chi connectivity index (χ3n) is 3.67. The van der Waals surface area contributed by atoms with E-state index in [1.54, 1.807) is 0 Å². The first-order chi connectivity index (χ1) is 10.1. The van der Waals surface area contributed by atoms with E-state index in [0.717, 1.165) is 37.4 Å². The highest BCUT2D eigenvalue weighted by Gasteiger charge is 2.12. The Morgan fingerprint density at radius 3 is 2.71 bits per heavy atom.